The van der Waals surface area contributed by atoms with Crippen molar-refractivity contribution in [2.75, 3.05) is 13.6 Å². The standard InChI is InChI=1S/C8H10F2N2O2/c1-11-6(13)4-5-8(9,10)2-3-12(5)7(11)14/h5H,2-4H2,1H3/t5-/m1/s1. The molecule has 0 saturated carbocycles. The van der Waals surface area contributed by atoms with Crippen LogP contribution >= 0.6 is 0 Å². The first-order valence-electron chi connectivity index (χ1n) is 4.38. The zero-order valence-electron chi connectivity index (χ0n) is 7.67. The summed E-state index contributed by atoms with van der Waals surface area (Å²) in [6.45, 7) is 0.0358. The summed E-state index contributed by atoms with van der Waals surface area (Å²) in [6.07, 6.45) is -0.611. The molecule has 0 aromatic carbocycles. The van der Waals surface area contributed by atoms with Gasteiger partial charge in [0.15, 0.2) is 0 Å². The molecule has 2 aliphatic heterocycles. The van der Waals surface area contributed by atoms with Crippen molar-refractivity contribution < 1.29 is 18.4 Å². The highest BCUT2D eigenvalue weighted by Crippen LogP contribution is 2.38. The summed E-state index contributed by atoms with van der Waals surface area (Å²) in [5, 5.41) is 0. The van der Waals surface area contributed by atoms with Crippen molar-refractivity contribution in [1.82, 2.24) is 9.80 Å². The van der Waals surface area contributed by atoms with Gasteiger partial charge in [0.1, 0.15) is 6.04 Å². The van der Waals surface area contributed by atoms with E-state index in [0.29, 0.717) is 0 Å². The van der Waals surface area contributed by atoms with E-state index in [4.69, 9.17) is 0 Å². The van der Waals surface area contributed by atoms with Gasteiger partial charge in [-0.3, -0.25) is 9.69 Å². The number of carbonyl (C=O) groups is 2. The maximum Gasteiger partial charge on any atom is 0.326 e. The van der Waals surface area contributed by atoms with E-state index in [0.717, 1.165) is 9.80 Å². The molecule has 0 unspecified atom stereocenters. The maximum absolute atomic E-state index is 13.2. The molecule has 2 heterocycles. The Balaban J connectivity index is 2.29. The Hall–Kier alpha value is -1.20. The first kappa shape index (κ1) is 9.36. The van der Waals surface area contributed by atoms with Crippen LogP contribution in [-0.2, 0) is 4.79 Å². The van der Waals surface area contributed by atoms with E-state index in [2.05, 4.69) is 0 Å². The minimum Gasteiger partial charge on any atom is -0.315 e. The monoisotopic (exact) mass is 204 g/mol. The lowest BCUT2D eigenvalue weighted by atomic mass is 10.1. The first-order valence-corrected chi connectivity index (χ1v) is 4.38. The van der Waals surface area contributed by atoms with Crippen LogP contribution in [0.2, 0.25) is 0 Å². The molecule has 0 aromatic rings. The number of halogens is 2. The zero-order valence-corrected chi connectivity index (χ0v) is 7.67. The van der Waals surface area contributed by atoms with E-state index in [1.54, 1.807) is 0 Å². The molecule has 78 valence electrons. The van der Waals surface area contributed by atoms with Crippen LogP contribution in [0.25, 0.3) is 0 Å². The Morgan fingerprint density at radius 2 is 2.07 bits per heavy atom. The third kappa shape index (κ3) is 1.09. The van der Waals surface area contributed by atoms with E-state index >= 15 is 0 Å². The number of carbonyl (C=O) groups excluding carboxylic acids is 2. The molecule has 0 bridgehead atoms. The second-order valence-corrected chi connectivity index (χ2v) is 3.66. The number of urea groups is 1. The van der Waals surface area contributed by atoms with Gasteiger partial charge in [0, 0.05) is 20.0 Å². The van der Waals surface area contributed by atoms with Crippen molar-refractivity contribution in [3.8, 4) is 0 Å². The molecule has 2 aliphatic rings. The molecule has 0 spiro atoms. The van der Waals surface area contributed by atoms with E-state index in [1.165, 1.54) is 7.05 Å². The molecular weight excluding hydrogens is 194 g/mol. The van der Waals surface area contributed by atoms with Gasteiger partial charge in [-0.05, 0) is 0 Å². The maximum atomic E-state index is 13.2. The Labute approximate surface area is 79.5 Å². The Morgan fingerprint density at radius 3 is 2.71 bits per heavy atom. The van der Waals surface area contributed by atoms with Crippen molar-refractivity contribution in [1.29, 1.82) is 0 Å². The van der Waals surface area contributed by atoms with Gasteiger partial charge in [-0.25, -0.2) is 13.6 Å². The molecule has 2 rings (SSSR count). The van der Waals surface area contributed by atoms with Gasteiger partial charge >= 0.3 is 6.03 Å². The van der Waals surface area contributed by atoms with Crippen LogP contribution in [0.5, 0.6) is 0 Å². The normalized spacial score (nSPS) is 30.9. The molecule has 0 aromatic heterocycles. The average Bonchev–Trinajstić information content (AvgIpc) is 2.39. The summed E-state index contributed by atoms with van der Waals surface area (Å²) in [4.78, 5) is 24.6. The molecule has 2 saturated heterocycles. The highest BCUT2D eigenvalue weighted by atomic mass is 19.3. The van der Waals surface area contributed by atoms with Gasteiger partial charge in [0.05, 0.1) is 6.42 Å². The van der Waals surface area contributed by atoms with Crippen LogP contribution in [-0.4, -0.2) is 47.3 Å². The number of amides is 3. The molecule has 3 amide bonds. The smallest absolute Gasteiger partial charge is 0.315 e. The van der Waals surface area contributed by atoms with Crippen molar-refractivity contribution in [2.24, 2.45) is 0 Å². The quantitative estimate of drug-likeness (QED) is 0.582. The topological polar surface area (TPSA) is 40.6 Å². The lowest BCUT2D eigenvalue weighted by Crippen LogP contribution is -2.56. The number of hydrogen-bond donors (Lipinski definition) is 0. The summed E-state index contributed by atoms with van der Waals surface area (Å²) in [6, 6.07) is -1.83. The van der Waals surface area contributed by atoms with E-state index in [9.17, 15) is 18.4 Å². The second kappa shape index (κ2) is 2.65. The summed E-state index contributed by atoms with van der Waals surface area (Å²) < 4.78 is 26.4. The van der Waals surface area contributed by atoms with Gasteiger partial charge in [-0.1, -0.05) is 0 Å². The summed E-state index contributed by atoms with van der Waals surface area (Å²) in [5.74, 6) is -3.44. The Kier molecular flexibility index (Phi) is 1.77. The molecule has 1 atom stereocenters. The molecule has 0 radical (unpaired) electrons. The molecule has 14 heavy (non-hydrogen) atoms. The highest BCUT2D eigenvalue weighted by molar-refractivity contribution is 5.97. The van der Waals surface area contributed by atoms with Crippen LogP contribution in [0, 0.1) is 0 Å². The van der Waals surface area contributed by atoms with Crippen molar-refractivity contribution in [2.45, 2.75) is 24.8 Å². The predicted molar refractivity (Wildman–Crippen MR) is 42.8 cm³/mol. The fraction of sp³-hybridized carbons (Fsp3) is 0.750. The number of rotatable bonds is 0. The second-order valence-electron chi connectivity index (χ2n) is 3.66. The third-order valence-electron chi connectivity index (χ3n) is 2.82. The number of nitrogens with zero attached hydrogens (tertiary/aromatic N) is 2. The molecule has 4 nitrogen and oxygen atoms in total. The van der Waals surface area contributed by atoms with Gasteiger partial charge in [-0.15, -0.1) is 0 Å². The number of fused-ring (bicyclic) bond motifs is 1. The van der Waals surface area contributed by atoms with Crippen LogP contribution in [0.15, 0.2) is 0 Å². The summed E-state index contributed by atoms with van der Waals surface area (Å²) in [5.41, 5.74) is 0. The average molecular weight is 204 g/mol. The minimum atomic E-state index is -2.91. The predicted octanol–water partition coefficient (Wildman–Crippen LogP) is 0.678. The molecule has 6 heteroatoms. The van der Waals surface area contributed by atoms with Crippen molar-refractivity contribution >= 4 is 11.9 Å². The highest BCUT2D eigenvalue weighted by Gasteiger charge is 2.55. The number of imide groups is 1. The van der Waals surface area contributed by atoms with Crippen molar-refractivity contribution in [3.63, 3.8) is 0 Å². The van der Waals surface area contributed by atoms with Crippen LogP contribution < -0.4 is 0 Å². The van der Waals surface area contributed by atoms with Crippen LogP contribution in [0.3, 0.4) is 0 Å². The Morgan fingerprint density at radius 1 is 1.43 bits per heavy atom. The third-order valence-corrected chi connectivity index (χ3v) is 2.82. The van der Waals surface area contributed by atoms with Gasteiger partial charge in [0.25, 0.3) is 5.92 Å². The number of hydrogen-bond acceptors (Lipinski definition) is 2. The molecule has 2 fully saturated rings. The zero-order chi connectivity index (χ0) is 10.5. The van der Waals surface area contributed by atoms with Gasteiger partial charge in [-0.2, -0.15) is 0 Å². The van der Waals surface area contributed by atoms with Crippen molar-refractivity contribution in [3.05, 3.63) is 0 Å². The van der Waals surface area contributed by atoms with E-state index < -0.39 is 23.9 Å². The molecular formula is C8H10F2N2O2. The Bertz CT molecular complexity index is 306. The fourth-order valence-corrected chi connectivity index (χ4v) is 1.91. The van der Waals surface area contributed by atoms with Gasteiger partial charge < -0.3 is 4.90 Å². The lowest BCUT2D eigenvalue weighted by Gasteiger charge is -2.35. The number of alkyl halides is 2. The molecule has 0 aliphatic carbocycles. The lowest BCUT2D eigenvalue weighted by molar-refractivity contribution is -0.135. The van der Waals surface area contributed by atoms with Crippen LogP contribution in [0.1, 0.15) is 12.8 Å². The largest absolute Gasteiger partial charge is 0.326 e. The van der Waals surface area contributed by atoms with Crippen LogP contribution in [0.4, 0.5) is 13.6 Å². The minimum absolute atomic E-state index is 0.0358. The van der Waals surface area contributed by atoms with Gasteiger partial charge in [0.2, 0.25) is 5.91 Å². The van der Waals surface area contributed by atoms with E-state index in [-0.39, 0.29) is 19.4 Å². The fourth-order valence-electron chi connectivity index (χ4n) is 1.91. The van der Waals surface area contributed by atoms with E-state index in [1.807, 2.05) is 0 Å². The summed E-state index contributed by atoms with van der Waals surface area (Å²) in [7, 11) is 1.32. The summed E-state index contributed by atoms with van der Waals surface area (Å²) >= 11 is 0. The SMILES string of the molecule is CN1C(=O)C[C@H]2N(CCC2(F)F)C1=O. The molecule has 0 N–H and O–H groups in total. The first-order chi connectivity index (χ1) is 6.43.